The molecule has 62 valence electrons. The van der Waals surface area contributed by atoms with Crippen LogP contribution in [0.5, 0.6) is 0 Å². The molecule has 0 spiro atoms. The van der Waals surface area contributed by atoms with E-state index in [2.05, 4.69) is 33.4 Å². The molecule has 0 N–H and O–H groups in total. The van der Waals surface area contributed by atoms with Crippen LogP contribution in [0.3, 0.4) is 0 Å². The van der Waals surface area contributed by atoms with Gasteiger partial charge >= 0.3 is 0 Å². The first-order valence-electron chi connectivity index (χ1n) is 4.36. The lowest BCUT2D eigenvalue weighted by molar-refractivity contribution is 0.494. The molecule has 2 unspecified atom stereocenters. The maximum Gasteiger partial charge on any atom is 0.00141 e. The SMILES string of the molecule is CCCCCC(C)C(C)S. The molecule has 0 heterocycles. The van der Waals surface area contributed by atoms with Crippen LogP contribution in [0.25, 0.3) is 0 Å². The Morgan fingerprint density at radius 2 is 1.80 bits per heavy atom. The first-order chi connectivity index (χ1) is 4.68. The molecule has 0 bridgehead atoms. The molecular weight excluding hydrogens is 140 g/mol. The van der Waals surface area contributed by atoms with E-state index in [1.807, 2.05) is 0 Å². The second-order valence-corrected chi connectivity index (χ2v) is 4.03. The molecule has 0 aliphatic carbocycles. The molecule has 0 amide bonds. The van der Waals surface area contributed by atoms with E-state index in [1.165, 1.54) is 25.7 Å². The first kappa shape index (κ1) is 10.3. The summed E-state index contributed by atoms with van der Waals surface area (Å²) in [5.74, 6) is 0.787. The van der Waals surface area contributed by atoms with Crippen molar-refractivity contribution in [3.63, 3.8) is 0 Å². The quantitative estimate of drug-likeness (QED) is 0.462. The molecule has 0 saturated heterocycles. The maximum atomic E-state index is 4.40. The van der Waals surface area contributed by atoms with E-state index in [0.717, 1.165) is 5.92 Å². The molecule has 0 rings (SSSR count). The number of hydrogen-bond acceptors (Lipinski definition) is 1. The number of thiol groups is 1. The van der Waals surface area contributed by atoms with E-state index in [1.54, 1.807) is 0 Å². The molecule has 2 atom stereocenters. The summed E-state index contributed by atoms with van der Waals surface area (Å²) in [6.45, 7) is 6.71. The third-order valence-corrected chi connectivity index (χ3v) is 2.60. The van der Waals surface area contributed by atoms with Crippen molar-refractivity contribution in [2.45, 2.75) is 51.7 Å². The molecular formula is C9H20S. The van der Waals surface area contributed by atoms with Gasteiger partial charge in [-0.2, -0.15) is 12.6 Å². The summed E-state index contributed by atoms with van der Waals surface area (Å²) in [5, 5.41) is 0.567. The van der Waals surface area contributed by atoms with Crippen LogP contribution in [0.4, 0.5) is 0 Å². The largest absolute Gasteiger partial charge is 0.176 e. The average Bonchev–Trinajstić information content (AvgIpc) is 1.88. The van der Waals surface area contributed by atoms with E-state index < -0.39 is 0 Å². The van der Waals surface area contributed by atoms with Gasteiger partial charge in [-0.1, -0.05) is 40.0 Å². The second kappa shape index (κ2) is 6.09. The zero-order chi connectivity index (χ0) is 7.98. The van der Waals surface area contributed by atoms with Gasteiger partial charge in [0.2, 0.25) is 0 Å². The van der Waals surface area contributed by atoms with Crippen molar-refractivity contribution in [3.8, 4) is 0 Å². The average molecular weight is 160 g/mol. The van der Waals surface area contributed by atoms with Crippen molar-refractivity contribution in [2.24, 2.45) is 5.92 Å². The van der Waals surface area contributed by atoms with Crippen molar-refractivity contribution in [1.82, 2.24) is 0 Å². The molecule has 0 fully saturated rings. The highest BCUT2D eigenvalue weighted by Crippen LogP contribution is 2.16. The van der Waals surface area contributed by atoms with E-state index in [-0.39, 0.29) is 0 Å². The smallest absolute Gasteiger partial charge is 0.00141 e. The van der Waals surface area contributed by atoms with Gasteiger partial charge < -0.3 is 0 Å². The van der Waals surface area contributed by atoms with Gasteiger partial charge in [0, 0.05) is 5.25 Å². The standard InChI is InChI=1S/C9H20S/c1-4-5-6-7-8(2)9(3)10/h8-10H,4-7H2,1-3H3. The van der Waals surface area contributed by atoms with Crippen LogP contribution in [-0.2, 0) is 0 Å². The number of rotatable bonds is 5. The van der Waals surface area contributed by atoms with E-state index in [0.29, 0.717) is 5.25 Å². The van der Waals surface area contributed by atoms with Crippen LogP contribution >= 0.6 is 12.6 Å². The summed E-state index contributed by atoms with van der Waals surface area (Å²) in [7, 11) is 0. The van der Waals surface area contributed by atoms with Crippen molar-refractivity contribution < 1.29 is 0 Å². The molecule has 0 nitrogen and oxygen atoms in total. The van der Waals surface area contributed by atoms with Crippen LogP contribution in [0.1, 0.15) is 46.5 Å². The van der Waals surface area contributed by atoms with Crippen molar-refractivity contribution in [2.75, 3.05) is 0 Å². The highest BCUT2D eigenvalue weighted by Gasteiger charge is 2.05. The summed E-state index contributed by atoms with van der Waals surface area (Å²) in [5.41, 5.74) is 0. The number of hydrogen-bond donors (Lipinski definition) is 1. The molecule has 0 radical (unpaired) electrons. The van der Waals surface area contributed by atoms with Crippen LogP contribution in [0.2, 0.25) is 0 Å². The van der Waals surface area contributed by atoms with Gasteiger partial charge in [0.25, 0.3) is 0 Å². The molecule has 0 aromatic carbocycles. The second-order valence-electron chi connectivity index (χ2n) is 3.21. The highest BCUT2D eigenvalue weighted by atomic mass is 32.1. The van der Waals surface area contributed by atoms with Crippen molar-refractivity contribution in [1.29, 1.82) is 0 Å². The van der Waals surface area contributed by atoms with Crippen LogP contribution in [0.15, 0.2) is 0 Å². The minimum atomic E-state index is 0.567. The predicted octanol–water partition coefficient (Wildman–Crippen LogP) is 3.52. The summed E-state index contributed by atoms with van der Waals surface area (Å²) in [4.78, 5) is 0. The summed E-state index contributed by atoms with van der Waals surface area (Å²) in [6.07, 6.45) is 5.43. The Morgan fingerprint density at radius 3 is 2.20 bits per heavy atom. The van der Waals surface area contributed by atoms with Crippen LogP contribution < -0.4 is 0 Å². The summed E-state index contributed by atoms with van der Waals surface area (Å²) >= 11 is 4.40. The molecule has 0 aliphatic heterocycles. The van der Waals surface area contributed by atoms with Gasteiger partial charge in [-0.15, -0.1) is 0 Å². The lowest BCUT2D eigenvalue weighted by Crippen LogP contribution is -2.06. The molecule has 0 aromatic heterocycles. The Balaban J connectivity index is 3.13. The molecule has 0 saturated carbocycles. The lowest BCUT2D eigenvalue weighted by atomic mass is 10.0. The molecule has 1 heteroatoms. The third-order valence-electron chi connectivity index (χ3n) is 2.09. The third kappa shape index (κ3) is 5.16. The van der Waals surface area contributed by atoms with Crippen LogP contribution in [-0.4, -0.2) is 5.25 Å². The Bertz CT molecular complexity index is 69.1. The highest BCUT2D eigenvalue weighted by molar-refractivity contribution is 7.80. The summed E-state index contributed by atoms with van der Waals surface area (Å²) < 4.78 is 0. The number of unbranched alkanes of at least 4 members (excludes halogenated alkanes) is 2. The van der Waals surface area contributed by atoms with Crippen molar-refractivity contribution in [3.05, 3.63) is 0 Å². The molecule has 0 aliphatic rings. The Kier molecular flexibility index (Phi) is 6.30. The lowest BCUT2D eigenvalue weighted by Gasteiger charge is -2.13. The van der Waals surface area contributed by atoms with Crippen LogP contribution in [0, 0.1) is 5.92 Å². The predicted molar refractivity (Wildman–Crippen MR) is 51.8 cm³/mol. The van der Waals surface area contributed by atoms with E-state index in [4.69, 9.17) is 0 Å². The minimum Gasteiger partial charge on any atom is -0.176 e. The van der Waals surface area contributed by atoms with Gasteiger partial charge in [0.15, 0.2) is 0 Å². The van der Waals surface area contributed by atoms with Gasteiger partial charge in [-0.25, -0.2) is 0 Å². The zero-order valence-electron chi connectivity index (χ0n) is 7.43. The van der Waals surface area contributed by atoms with E-state index >= 15 is 0 Å². The van der Waals surface area contributed by atoms with Gasteiger partial charge in [-0.3, -0.25) is 0 Å². The van der Waals surface area contributed by atoms with Crippen molar-refractivity contribution >= 4 is 12.6 Å². The van der Waals surface area contributed by atoms with Gasteiger partial charge in [0.1, 0.15) is 0 Å². The fourth-order valence-electron chi connectivity index (χ4n) is 0.958. The van der Waals surface area contributed by atoms with Gasteiger partial charge in [0.05, 0.1) is 0 Å². The normalized spacial score (nSPS) is 16.8. The molecule has 0 aromatic rings. The van der Waals surface area contributed by atoms with Gasteiger partial charge in [-0.05, 0) is 12.3 Å². The fraction of sp³-hybridized carbons (Fsp3) is 1.00. The fourth-order valence-corrected chi connectivity index (χ4v) is 1.11. The Labute approximate surface area is 70.8 Å². The minimum absolute atomic E-state index is 0.567. The van der Waals surface area contributed by atoms with E-state index in [9.17, 15) is 0 Å². The first-order valence-corrected chi connectivity index (χ1v) is 4.88. The molecule has 10 heavy (non-hydrogen) atoms. The zero-order valence-corrected chi connectivity index (χ0v) is 8.32. The monoisotopic (exact) mass is 160 g/mol. The topological polar surface area (TPSA) is 0 Å². The maximum absolute atomic E-state index is 4.40. The Hall–Kier alpha value is 0.350. The Morgan fingerprint density at radius 1 is 1.20 bits per heavy atom. The summed E-state index contributed by atoms with van der Waals surface area (Å²) in [6, 6.07) is 0.